The number of pyridine rings is 1. The molecule has 0 bridgehead atoms. The second kappa shape index (κ2) is 4.72. The fourth-order valence-corrected chi connectivity index (χ4v) is 2.26. The number of allylic oxidation sites excluding steroid dienone is 1. The molecule has 19 heavy (non-hydrogen) atoms. The first kappa shape index (κ1) is 11.7. The highest BCUT2D eigenvalue weighted by Gasteiger charge is 2.21. The summed E-state index contributed by atoms with van der Waals surface area (Å²) in [5, 5.41) is 4.34. The van der Waals surface area contributed by atoms with Gasteiger partial charge in [-0.3, -0.25) is 4.98 Å². The molecule has 0 spiro atoms. The van der Waals surface area contributed by atoms with Gasteiger partial charge in [0.1, 0.15) is 0 Å². The molecule has 0 radical (unpaired) electrons. The molecule has 0 amide bonds. The molecule has 0 atom stereocenters. The smallest absolute Gasteiger partial charge is 0.335 e. The van der Waals surface area contributed by atoms with Gasteiger partial charge in [0, 0.05) is 23.7 Å². The maximum absolute atomic E-state index is 11.5. The van der Waals surface area contributed by atoms with Crippen LogP contribution in [-0.2, 0) is 9.53 Å². The monoisotopic (exact) mass is 254 g/mol. The van der Waals surface area contributed by atoms with E-state index < -0.39 is 0 Å². The predicted molar refractivity (Wildman–Crippen MR) is 73.6 cm³/mol. The summed E-state index contributed by atoms with van der Waals surface area (Å²) in [7, 11) is 0. The van der Waals surface area contributed by atoms with E-state index in [9.17, 15) is 4.79 Å². The molecular formula is C15H14N2O2. The molecule has 0 aliphatic carbocycles. The molecule has 1 saturated heterocycles. The van der Waals surface area contributed by atoms with Crippen molar-refractivity contribution in [1.82, 2.24) is 4.98 Å². The highest BCUT2D eigenvalue weighted by Crippen LogP contribution is 2.24. The number of anilines is 1. The number of rotatable bonds is 2. The Bertz CT molecular complexity index is 671. The van der Waals surface area contributed by atoms with Crippen molar-refractivity contribution in [1.29, 1.82) is 0 Å². The number of aromatic nitrogens is 1. The number of carbonyl (C=O) groups excluding carboxylic acids is 1. The van der Waals surface area contributed by atoms with Crippen molar-refractivity contribution in [3.8, 4) is 0 Å². The number of hydrogen-bond donors (Lipinski definition) is 1. The first-order valence-electron chi connectivity index (χ1n) is 6.23. The minimum Gasteiger partial charge on any atom is -0.462 e. The number of fused-ring (bicyclic) bond motifs is 1. The fraction of sp³-hybridized carbons (Fsp3) is 0.200. The number of benzene rings is 1. The summed E-state index contributed by atoms with van der Waals surface area (Å²) in [6, 6.07) is 9.86. The van der Waals surface area contributed by atoms with Gasteiger partial charge in [0.05, 0.1) is 23.4 Å². The van der Waals surface area contributed by atoms with Crippen molar-refractivity contribution in [2.45, 2.75) is 13.3 Å². The largest absolute Gasteiger partial charge is 0.462 e. The van der Waals surface area contributed by atoms with Crippen LogP contribution in [0.4, 0.5) is 5.69 Å². The molecule has 96 valence electrons. The van der Waals surface area contributed by atoms with E-state index in [4.69, 9.17) is 4.74 Å². The van der Waals surface area contributed by atoms with Crippen molar-refractivity contribution in [2.24, 2.45) is 0 Å². The summed E-state index contributed by atoms with van der Waals surface area (Å²) in [5.74, 6) is -0.224. The standard InChI is InChI=1S/C15H14N2O2/c1-10(12-7-9-19-15(12)18)17-13-6-2-4-11-5-3-8-16-14(11)13/h2-6,8,17H,7,9H2,1H3/b12-10-. The van der Waals surface area contributed by atoms with Crippen molar-refractivity contribution in [3.63, 3.8) is 0 Å². The molecule has 1 aliphatic rings. The Balaban J connectivity index is 2.00. The lowest BCUT2D eigenvalue weighted by Gasteiger charge is -2.10. The topological polar surface area (TPSA) is 51.2 Å². The van der Waals surface area contributed by atoms with Gasteiger partial charge < -0.3 is 10.1 Å². The first-order chi connectivity index (χ1) is 9.25. The van der Waals surface area contributed by atoms with Gasteiger partial charge in [-0.1, -0.05) is 18.2 Å². The van der Waals surface area contributed by atoms with Crippen LogP contribution >= 0.6 is 0 Å². The Morgan fingerprint density at radius 3 is 2.95 bits per heavy atom. The van der Waals surface area contributed by atoms with E-state index in [0.29, 0.717) is 18.6 Å². The van der Waals surface area contributed by atoms with Crippen LogP contribution in [0.25, 0.3) is 10.9 Å². The van der Waals surface area contributed by atoms with E-state index in [1.165, 1.54) is 0 Å². The van der Waals surface area contributed by atoms with Gasteiger partial charge in [0.2, 0.25) is 0 Å². The third kappa shape index (κ3) is 2.17. The SMILES string of the molecule is C/C(Nc1cccc2cccnc12)=C1\CCOC1=O. The molecule has 1 aliphatic heterocycles. The lowest BCUT2D eigenvalue weighted by Crippen LogP contribution is -2.05. The van der Waals surface area contributed by atoms with E-state index in [1.54, 1.807) is 6.20 Å². The Morgan fingerprint density at radius 2 is 2.16 bits per heavy atom. The highest BCUT2D eigenvalue weighted by molar-refractivity contribution is 5.94. The molecule has 1 fully saturated rings. The zero-order valence-electron chi connectivity index (χ0n) is 10.6. The molecule has 4 nitrogen and oxygen atoms in total. The van der Waals surface area contributed by atoms with Crippen LogP contribution in [0.5, 0.6) is 0 Å². The summed E-state index contributed by atoms with van der Waals surface area (Å²) in [5.41, 5.74) is 3.35. The van der Waals surface area contributed by atoms with Crippen LogP contribution in [0.1, 0.15) is 13.3 Å². The molecular weight excluding hydrogens is 240 g/mol. The summed E-state index contributed by atoms with van der Waals surface area (Å²) in [4.78, 5) is 15.9. The van der Waals surface area contributed by atoms with Crippen LogP contribution in [0.3, 0.4) is 0 Å². The number of ether oxygens (including phenoxy) is 1. The Hall–Kier alpha value is -2.36. The number of esters is 1. The highest BCUT2D eigenvalue weighted by atomic mass is 16.5. The van der Waals surface area contributed by atoms with Crippen molar-refractivity contribution in [3.05, 3.63) is 47.8 Å². The molecule has 4 heteroatoms. The number of nitrogens with one attached hydrogen (secondary N) is 1. The number of hydrogen-bond acceptors (Lipinski definition) is 4. The molecule has 1 aromatic carbocycles. The number of carbonyl (C=O) groups is 1. The van der Waals surface area contributed by atoms with Gasteiger partial charge in [-0.2, -0.15) is 0 Å². The summed E-state index contributed by atoms with van der Waals surface area (Å²) in [6.45, 7) is 2.37. The van der Waals surface area contributed by atoms with Gasteiger partial charge in [-0.05, 0) is 19.1 Å². The van der Waals surface area contributed by atoms with Crippen molar-refractivity contribution in [2.75, 3.05) is 11.9 Å². The van der Waals surface area contributed by atoms with E-state index in [-0.39, 0.29) is 5.97 Å². The Labute approximate surface area is 111 Å². The van der Waals surface area contributed by atoms with Gasteiger partial charge in [0.25, 0.3) is 0 Å². The summed E-state index contributed by atoms with van der Waals surface area (Å²) >= 11 is 0. The van der Waals surface area contributed by atoms with Gasteiger partial charge in [-0.25, -0.2) is 4.79 Å². The maximum atomic E-state index is 11.5. The Kier molecular flexibility index (Phi) is 2.91. The maximum Gasteiger partial charge on any atom is 0.335 e. The lowest BCUT2D eigenvalue weighted by atomic mass is 10.1. The predicted octanol–water partition coefficient (Wildman–Crippen LogP) is 2.87. The molecule has 1 N–H and O–H groups in total. The van der Waals surface area contributed by atoms with Crippen LogP contribution in [0.15, 0.2) is 47.8 Å². The van der Waals surface area contributed by atoms with E-state index >= 15 is 0 Å². The average molecular weight is 254 g/mol. The molecule has 2 heterocycles. The van der Waals surface area contributed by atoms with Crippen LogP contribution in [-0.4, -0.2) is 17.6 Å². The minimum atomic E-state index is -0.224. The minimum absolute atomic E-state index is 0.224. The number of cyclic esters (lactones) is 1. The number of para-hydroxylation sites is 1. The van der Waals surface area contributed by atoms with E-state index in [0.717, 1.165) is 22.3 Å². The molecule has 0 saturated carbocycles. The van der Waals surface area contributed by atoms with Crippen molar-refractivity contribution < 1.29 is 9.53 Å². The number of nitrogens with zero attached hydrogens (tertiary/aromatic N) is 1. The zero-order valence-corrected chi connectivity index (χ0v) is 10.6. The second-order valence-electron chi connectivity index (χ2n) is 4.50. The third-order valence-corrected chi connectivity index (χ3v) is 3.24. The average Bonchev–Trinajstić information content (AvgIpc) is 2.85. The lowest BCUT2D eigenvalue weighted by molar-refractivity contribution is -0.135. The zero-order chi connectivity index (χ0) is 13.2. The molecule has 2 aromatic rings. The van der Waals surface area contributed by atoms with E-state index in [1.807, 2.05) is 37.3 Å². The summed E-state index contributed by atoms with van der Waals surface area (Å²) in [6.07, 6.45) is 2.43. The fourth-order valence-electron chi connectivity index (χ4n) is 2.26. The molecule has 1 aromatic heterocycles. The molecule has 0 unspecified atom stereocenters. The van der Waals surface area contributed by atoms with Crippen LogP contribution in [0.2, 0.25) is 0 Å². The molecule has 3 rings (SSSR count). The quantitative estimate of drug-likeness (QED) is 0.661. The van der Waals surface area contributed by atoms with E-state index in [2.05, 4.69) is 10.3 Å². The third-order valence-electron chi connectivity index (χ3n) is 3.24. The van der Waals surface area contributed by atoms with Crippen LogP contribution in [0, 0.1) is 0 Å². The first-order valence-corrected chi connectivity index (χ1v) is 6.23. The normalized spacial score (nSPS) is 17.4. The summed E-state index contributed by atoms with van der Waals surface area (Å²) < 4.78 is 4.96. The van der Waals surface area contributed by atoms with Gasteiger partial charge >= 0.3 is 5.97 Å². The van der Waals surface area contributed by atoms with Gasteiger partial charge in [0.15, 0.2) is 0 Å². The van der Waals surface area contributed by atoms with Crippen LogP contribution < -0.4 is 5.32 Å². The Morgan fingerprint density at radius 1 is 1.32 bits per heavy atom. The van der Waals surface area contributed by atoms with Gasteiger partial charge in [-0.15, -0.1) is 0 Å². The second-order valence-corrected chi connectivity index (χ2v) is 4.50. The van der Waals surface area contributed by atoms with Crippen molar-refractivity contribution >= 4 is 22.6 Å².